The molecule has 2 nitrogen and oxygen atoms in total. The lowest BCUT2D eigenvalue weighted by Crippen LogP contribution is -2.30. The molecule has 3 aromatic rings. The molecule has 0 fully saturated rings. The quantitative estimate of drug-likeness (QED) is 0.201. The van der Waals surface area contributed by atoms with Crippen LogP contribution >= 0.6 is 0 Å². The average molecular weight is 627 g/mol. The molecule has 2 heteroatoms. The Morgan fingerprint density at radius 2 is 1.42 bits per heavy atom. The first-order chi connectivity index (χ1) is 23.0. The van der Waals surface area contributed by atoms with Crippen molar-refractivity contribution >= 4 is 11.5 Å². The third-order valence-corrected chi connectivity index (χ3v) is 11.0. The molecule has 0 aliphatic heterocycles. The Labute approximate surface area is 284 Å². The maximum absolute atomic E-state index is 11.4. The molecule has 0 saturated carbocycles. The topological polar surface area (TPSA) is 26.3 Å². The third-order valence-electron chi connectivity index (χ3n) is 11.0. The van der Waals surface area contributed by atoms with Gasteiger partial charge in [0.2, 0.25) is 0 Å². The highest BCUT2D eigenvalue weighted by Crippen LogP contribution is 2.55. The first-order valence-electron chi connectivity index (χ1n) is 17.2. The molecule has 0 aromatic heterocycles. The van der Waals surface area contributed by atoms with Gasteiger partial charge in [-0.3, -0.25) is 0 Å². The fourth-order valence-corrected chi connectivity index (χ4v) is 8.26. The first kappa shape index (κ1) is 30.4. The zero-order valence-corrected chi connectivity index (χ0v) is 28.6. The lowest BCUT2D eigenvalue weighted by Gasteiger charge is -2.42. The van der Waals surface area contributed by atoms with Crippen molar-refractivity contribution in [2.75, 3.05) is 6.61 Å². The first-order valence-corrected chi connectivity index (χ1v) is 17.2. The summed E-state index contributed by atoms with van der Waals surface area (Å²) in [6.07, 6.45) is 20.9. The average Bonchev–Trinajstić information content (AvgIpc) is 3.31. The number of carbonyl (C=O) groups excluding carboxylic acids is 1. The van der Waals surface area contributed by atoms with Crippen molar-refractivity contribution in [1.29, 1.82) is 0 Å². The summed E-state index contributed by atoms with van der Waals surface area (Å²) in [6, 6.07) is 22.7. The van der Waals surface area contributed by atoms with Gasteiger partial charge in [0, 0.05) is 29.7 Å². The Balaban J connectivity index is 1.10. The van der Waals surface area contributed by atoms with Crippen molar-refractivity contribution < 1.29 is 9.53 Å². The molecule has 0 spiro atoms. The lowest BCUT2D eigenvalue weighted by molar-refractivity contribution is -0.137. The van der Waals surface area contributed by atoms with Crippen LogP contribution in [0.4, 0.5) is 0 Å². The predicted molar refractivity (Wildman–Crippen MR) is 198 cm³/mol. The van der Waals surface area contributed by atoms with E-state index in [0.717, 1.165) is 5.56 Å². The molecule has 2 unspecified atom stereocenters. The van der Waals surface area contributed by atoms with Gasteiger partial charge in [0.15, 0.2) is 0 Å². The molecule has 8 rings (SSSR count). The van der Waals surface area contributed by atoms with Crippen LogP contribution in [0.1, 0.15) is 56.9 Å². The normalized spacial score (nSPS) is 20.9. The van der Waals surface area contributed by atoms with E-state index < -0.39 is 0 Å². The zero-order valence-electron chi connectivity index (χ0n) is 28.6. The van der Waals surface area contributed by atoms with Crippen LogP contribution in [0.25, 0.3) is 27.8 Å². The molecule has 48 heavy (non-hydrogen) atoms. The number of fused-ring (bicyclic) bond motifs is 3. The summed E-state index contributed by atoms with van der Waals surface area (Å²) in [5.41, 5.74) is 18.7. The van der Waals surface area contributed by atoms with Gasteiger partial charge in [-0.1, -0.05) is 138 Å². The van der Waals surface area contributed by atoms with Crippen molar-refractivity contribution in [3.63, 3.8) is 0 Å². The molecule has 0 N–H and O–H groups in total. The zero-order chi connectivity index (χ0) is 33.4. The molecular formula is C46H42O2. The Morgan fingerprint density at radius 1 is 0.771 bits per heavy atom. The number of ether oxygens (including phenoxy) is 1. The fraction of sp³-hybridized carbons (Fsp3) is 0.239. The highest BCUT2D eigenvalue weighted by Gasteiger charge is 2.41. The number of allylic oxidation sites excluding steroid dienone is 14. The minimum Gasteiger partial charge on any atom is -0.462 e. The SMILES string of the molecule is C=CC(=O)OCCc1ccc(-c2ccc3c(c2)C(C)(C)c2cc(C4=CC=C5C=CC6=CC(C(C)(C)C)=CC7=CC=C4C5C76)ccc2-3)cc1. The van der Waals surface area contributed by atoms with E-state index in [1.807, 2.05) is 0 Å². The van der Waals surface area contributed by atoms with Crippen LogP contribution in [0.5, 0.6) is 0 Å². The van der Waals surface area contributed by atoms with Crippen molar-refractivity contribution in [3.8, 4) is 22.3 Å². The predicted octanol–water partition coefficient (Wildman–Crippen LogP) is 10.8. The van der Waals surface area contributed by atoms with Gasteiger partial charge in [0.1, 0.15) is 0 Å². The van der Waals surface area contributed by atoms with E-state index in [-0.39, 0.29) is 16.8 Å². The van der Waals surface area contributed by atoms with Crippen LogP contribution in [-0.4, -0.2) is 12.6 Å². The summed E-state index contributed by atoms with van der Waals surface area (Å²) in [7, 11) is 0. The molecular weight excluding hydrogens is 585 g/mol. The molecule has 0 radical (unpaired) electrons. The lowest BCUT2D eigenvalue weighted by atomic mass is 9.61. The number of benzene rings is 3. The van der Waals surface area contributed by atoms with E-state index in [1.165, 1.54) is 78.5 Å². The maximum Gasteiger partial charge on any atom is 0.330 e. The van der Waals surface area contributed by atoms with Gasteiger partial charge in [0.25, 0.3) is 0 Å². The molecule has 5 aliphatic carbocycles. The van der Waals surface area contributed by atoms with Gasteiger partial charge in [-0.25, -0.2) is 4.79 Å². The second-order valence-corrected chi connectivity index (χ2v) is 15.3. The summed E-state index contributed by atoms with van der Waals surface area (Å²) < 4.78 is 5.16. The van der Waals surface area contributed by atoms with Crippen molar-refractivity contribution in [3.05, 3.63) is 172 Å². The van der Waals surface area contributed by atoms with E-state index >= 15 is 0 Å². The molecule has 0 saturated heterocycles. The molecule has 3 aromatic carbocycles. The smallest absolute Gasteiger partial charge is 0.330 e. The summed E-state index contributed by atoms with van der Waals surface area (Å²) >= 11 is 0. The van der Waals surface area contributed by atoms with E-state index in [1.54, 1.807) is 0 Å². The van der Waals surface area contributed by atoms with Crippen molar-refractivity contribution in [1.82, 2.24) is 0 Å². The minimum absolute atomic E-state index is 0.120. The molecule has 5 aliphatic rings. The Morgan fingerprint density at radius 3 is 2.12 bits per heavy atom. The summed E-state index contributed by atoms with van der Waals surface area (Å²) in [6.45, 7) is 15.5. The number of esters is 1. The van der Waals surface area contributed by atoms with Crippen LogP contribution in [0, 0.1) is 17.3 Å². The molecule has 238 valence electrons. The van der Waals surface area contributed by atoms with Crippen LogP contribution < -0.4 is 0 Å². The Kier molecular flexibility index (Phi) is 7.00. The van der Waals surface area contributed by atoms with E-state index in [4.69, 9.17) is 4.74 Å². The maximum atomic E-state index is 11.4. The van der Waals surface area contributed by atoms with Crippen molar-refractivity contribution in [2.45, 2.75) is 46.5 Å². The monoisotopic (exact) mass is 626 g/mol. The van der Waals surface area contributed by atoms with E-state index in [0.29, 0.717) is 24.9 Å². The highest BCUT2D eigenvalue weighted by atomic mass is 16.5. The molecule has 0 amide bonds. The molecule has 2 atom stereocenters. The van der Waals surface area contributed by atoms with Crippen molar-refractivity contribution in [2.24, 2.45) is 17.3 Å². The van der Waals surface area contributed by atoms with Crippen LogP contribution in [0.2, 0.25) is 0 Å². The number of hydrogen-bond donors (Lipinski definition) is 0. The highest BCUT2D eigenvalue weighted by molar-refractivity contribution is 5.90. The van der Waals surface area contributed by atoms with Gasteiger partial charge in [-0.15, -0.1) is 0 Å². The second-order valence-electron chi connectivity index (χ2n) is 15.3. The second kappa shape index (κ2) is 11.1. The summed E-state index contributed by atoms with van der Waals surface area (Å²) in [5.74, 6) is 0.357. The summed E-state index contributed by atoms with van der Waals surface area (Å²) in [5, 5.41) is 0. The minimum atomic E-state index is -0.381. The largest absolute Gasteiger partial charge is 0.462 e. The van der Waals surface area contributed by atoms with Crippen LogP contribution in [0.15, 0.2) is 150 Å². The fourth-order valence-electron chi connectivity index (χ4n) is 8.26. The standard InChI is InChI=1S/C46H42O2/c1-7-42(47)48-23-22-28-8-10-29(11-9-28)31-15-19-37-38-20-16-32(27-41(38)46(5,6)40(37)26-31)36-18-14-30-12-13-33-24-35(45(2,3)4)25-34-17-21-39(36)44(30)43(33)34/h7-21,24-27,43-44H,1,22-23H2,2-6H3. The van der Waals surface area contributed by atoms with E-state index in [2.05, 4.69) is 150 Å². The van der Waals surface area contributed by atoms with Gasteiger partial charge >= 0.3 is 5.97 Å². The number of rotatable bonds is 6. The Bertz CT molecular complexity index is 2130. The van der Waals surface area contributed by atoms with Gasteiger partial charge in [0.05, 0.1) is 6.61 Å². The van der Waals surface area contributed by atoms with Gasteiger partial charge < -0.3 is 4.74 Å². The van der Waals surface area contributed by atoms with Gasteiger partial charge in [-0.2, -0.15) is 0 Å². The molecule has 0 heterocycles. The van der Waals surface area contributed by atoms with Gasteiger partial charge in [-0.05, 0) is 95.5 Å². The number of hydrogen-bond acceptors (Lipinski definition) is 2. The molecule has 0 bridgehead atoms. The van der Waals surface area contributed by atoms with E-state index in [9.17, 15) is 4.79 Å². The Hall–Kier alpha value is -4.95. The van der Waals surface area contributed by atoms with Crippen LogP contribution in [0.3, 0.4) is 0 Å². The van der Waals surface area contributed by atoms with Crippen LogP contribution in [-0.2, 0) is 21.4 Å². The number of carbonyl (C=O) groups is 1. The summed E-state index contributed by atoms with van der Waals surface area (Å²) in [4.78, 5) is 11.4. The third kappa shape index (κ3) is 4.89.